The van der Waals surface area contributed by atoms with Gasteiger partial charge in [-0.25, -0.2) is 9.18 Å². The van der Waals surface area contributed by atoms with E-state index in [1.165, 1.54) is 19.2 Å². The number of ether oxygens (including phenoxy) is 1. The van der Waals surface area contributed by atoms with Crippen LogP contribution in [0.15, 0.2) is 36.4 Å². The molecule has 2 aromatic rings. The molecule has 1 heterocycles. The lowest BCUT2D eigenvalue weighted by molar-refractivity contribution is 0.0594. The van der Waals surface area contributed by atoms with Crippen molar-refractivity contribution in [2.75, 3.05) is 13.7 Å². The first-order valence-electron chi connectivity index (χ1n) is 6.40. The fourth-order valence-electron chi connectivity index (χ4n) is 1.92. The van der Waals surface area contributed by atoms with Crippen LogP contribution in [0, 0.1) is 5.82 Å². The Morgan fingerprint density at radius 2 is 2.20 bits per heavy atom. The summed E-state index contributed by atoms with van der Waals surface area (Å²) in [6.07, 6.45) is 0.752. The zero-order valence-corrected chi connectivity index (χ0v) is 11.3. The molecule has 1 aromatic carbocycles. The number of aromatic amines is 1. The average molecular weight is 276 g/mol. The summed E-state index contributed by atoms with van der Waals surface area (Å²) >= 11 is 0. The van der Waals surface area contributed by atoms with Crippen LogP contribution >= 0.6 is 0 Å². The van der Waals surface area contributed by atoms with E-state index in [1.54, 1.807) is 12.1 Å². The van der Waals surface area contributed by atoms with Crippen LogP contribution < -0.4 is 5.32 Å². The zero-order valence-electron chi connectivity index (χ0n) is 11.3. The molecule has 106 valence electrons. The molecule has 0 fully saturated rings. The van der Waals surface area contributed by atoms with Gasteiger partial charge in [-0.1, -0.05) is 12.1 Å². The molecule has 0 aliphatic heterocycles. The summed E-state index contributed by atoms with van der Waals surface area (Å²) in [6, 6.07) is 10.1. The van der Waals surface area contributed by atoms with Crippen LogP contribution in [0.4, 0.5) is 4.39 Å². The quantitative estimate of drug-likeness (QED) is 0.628. The highest BCUT2D eigenvalue weighted by atomic mass is 19.1. The summed E-state index contributed by atoms with van der Waals surface area (Å²) in [4.78, 5) is 14.2. The van der Waals surface area contributed by atoms with Gasteiger partial charge in [0.05, 0.1) is 7.11 Å². The van der Waals surface area contributed by atoms with Gasteiger partial charge in [0.1, 0.15) is 11.5 Å². The van der Waals surface area contributed by atoms with Crippen molar-refractivity contribution in [1.29, 1.82) is 0 Å². The third kappa shape index (κ3) is 3.93. The van der Waals surface area contributed by atoms with E-state index in [-0.39, 0.29) is 11.8 Å². The van der Waals surface area contributed by atoms with Gasteiger partial charge in [-0.2, -0.15) is 0 Å². The Balaban J connectivity index is 1.76. The molecule has 0 radical (unpaired) electrons. The Hall–Kier alpha value is -2.14. The first kappa shape index (κ1) is 14.3. The number of hydrogen-bond acceptors (Lipinski definition) is 3. The van der Waals surface area contributed by atoms with Gasteiger partial charge < -0.3 is 15.0 Å². The van der Waals surface area contributed by atoms with Gasteiger partial charge in [0.15, 0.2) is 0 Å². The van der Waals surface area contributed by atoms with E-state index in [4.69, 9.17) is 0 Å². The van der Waals surface area contributed by atoms with Crippen LogP contribution in [0.2, 0.25) is 0 Å². The molecule has 0 amide bonds. The van der Waals surface area contributed by atoms with Crippen molar-refractivity contribution in [3.05, 3.63) is 59.2 Å². The van der Waals surface area contributed by atoms with Crippen LogP contribution in [0.25, 0.3) is 0 Å². The third-order valence-electron chi connectivity index (χ3n) is 2.95. The van der Waals surface area contributed by atoms with Crippen molar-refractivity contribution in [3.8, 4) is 0 Å². The van der Waals surface area contributed by atoms with E-state index in [1.807, 2.05) is 12.1 Å². The summed E-state index contributed by atoms with van der Waals surface area (Å²) in [5.41, 5.74) is 2.30. The number of nitrogens with one attached hydrogen (secondary N) is 2. The lowest BCUT2D eigenvalue weighted by Crippen LogP contribution is -2.17. The minimum Gasteiger partial charge on any atom is -0.464 e. The summed E-state index contributed by atoms with van der Waals surface area (Å²) in [6.45, 7) is 1.35. The smallest absolute Gasteiger partial charge is 0.354 e. The molecule has 2 rings (SSSR count). The summed E-state index contributed by atoms with van der Waals surface area (Å²) in [7, 11) is 1.35. The van der Waals surface area contributed by atoms with Crippen LogP contribution in [0.1, 0.15) is 21.7 Å². The predicted molar refractivity (Wildman–Crippen MR) is 73.9 cm³/mol. The molecule has 1 aromatic heterocycles. The van der Waals surface area contributed by atoms with Crippen molar-refractivity contribution < 1.29 is 13.9 Å². The molecule has 0 aliphatic rings. The Morgan fingerprint density at radius 1 is 1.35 bits per heavy atom. The number of carbonyl (C=O) groups excluding carboxylic acids is 1. The molecule has 2 N–H and O–H groups in total. The molecule has 0 aliphatic carbocycles. The number of benzene rings is 1. The van der Waals surface area contributed by atoms with Gasteiger partial charge in [-0.05, 0) is 42.8 Å². The van der Waals surface area contributed by atoms with E-state index >= 15 is 0 Å². The van der Waals surface area contributed by atoms with Gasteiger partial charge in [0.2, 0.25) is 0 Å². The number of hydrogen-bond donors (Lipinski definition) is 2. The van der Waals surface area contributed by atoms with Crippen molar-refractivity contribution in [3.63, 3.8) is 0 Å². The van der Waals surface area contributed by atoms with Gasteiger partial charge >= 0.3 is 5.97 Å². The van der Waals surface area contributed by atoms with Crippen LogP contribution in [-0.4, -0.2) is 24.6 Å². The predicted octanol–water partition coefficient (Wildman–Crippen LogP) is 2.27. The lowest BCUT2D eigenvalue weighted by Gasteiger charge is -2.04. The first-order chi connectivity index (χ1) is 9.69. The molecule has 0 saturated carbocycles. The number of esters is 1. The van der Waals surface area contributed by atoms with E-state index in [9.17, 15) is 9.18 Å². The maximum Gasteiger partial charge on any atom is 0.354 e. The monoisotopic (exact) mass is 276 g/mol. The summed E-state index contributed by atoms with van der Waals surface area (Å²) in [5, 5.41) is 3.23. The molecule has 4 nitrogen and oxygen atoms in total. The number of rotatable bonds is 6. The number of halogens is 1. The average Bonchev–Trinajstić information content (AvgIpc) is 2.92. The zero-order chi connectivity index (χ0) is 14.4. The molecule has 5 heteroatoms. The van der Waals surface area contributed by atoms with Gasteiger partial charge in [0, 0.05) is 12.2 Å². The first-order valence-corrected chi connectivity index (χ1v) is 6.40. The van der Waals surface area contributed by atoms with Crippen LogP contribution in [-0.2, 0) is 17.7 Å². The SMILES string of the molecule is COC(=O)c1ccc(CNCCc2cccc(F)c2)[nH]1. The molecular weight excluding hydrogens is 259 g/mol. The molecule has 0 spiro atoms. The Kier molecular flexibility index (Phi) is 4.90. The maximum absolute atomic E-state index is 13.0. The Morgan fingerprint density at radius 3 is 2.95 bits per heavy atom. The normalized spacial score (nSPS) is 10.5. The summed E-state index contributed by atoms with van der Waals surface area (Å²) < 4.78 is 17.6. The third-order valence-corrected chi connectivity index (χ3v) is 2.95. The van der Waals surface area contributed by atoms with E-state index in [0.717, 1.165) is 24.2 Å². The second-order valence-corrected chi connectivity index (χ2v) is 4.45. The van der Waals surface area contributed by atoms with Crippen LogP contribution in [0.5, 0.6) is 0 Å². The van der Waals surface area contributed by atoms with E-state index in [2.05, 4.69) is 15.0 Å². The maximum atomic E-state index is 13.0. The highest BCUT2D eigenvalue weighted by Gasteiger charge is 2.07. The van der Waals surface area contributed by atoms with Crippen molar-refractivity contribution in [2.45, 2.75) is 13.0 Å². The van der Waals surface area contributed by atoms with E-state index in [0.29, 0.717) is 12.2 Å². The highest BCUT2D eigenvalue weighted by molar-refractivity contribution is 5.87. The number of aromatic nitrogens is 1. The molecule has 0 unspecified atom stereocenters. The van der Waals surface area contributed by atoms with Gasteiger partial charge in [0.25, 0.3) is 0 Å². The Labute approximate surface area is 117 Å². The van der Waals surface area contributed by atoms with E-state index < -0.39 is 0 Å². The second-order valence-electron chi connectivity index (χ2n) is 4.45. The highest BCUT2D eigenvalue weighted by Crippen LogP contribution is 2.05. The second kappa shape index (κ2) is 6.86. The lowest BCUT2D eigenvalue weighted by atomic mass is 10.1. The van der Waals surface area contributed by atoms with Gasteiger partial charge in [-0.3, -0.25) is 0 Å². The van der Waals surface area contributed by atoms with Gasteiger partial charge in [-0.15, -0.1) is 0 Å². The number of H-pyrrole nitrogens is 1. The summed E-state index contributed by atoms with van der Waals surface area (Å²) in [5.74, 6) is -0.592. The largest absolute Gasteiger partial charge is 0.464 e. The number of carbonyl (C=O) groups is 1. The van der Waals surface area contributed by atoms with Crippen molar-refractivity contribution >= 4 is 5.97 Å². The number of methoxy groups -OCH3 is 1. The fourth-order valence-corrected chi connectivity index (χ4v) is 1.92. The minimum atomic E-state index is -0.379. The fraction of sp³-hybridized carbons (Fsp3) is 0.267. The minimum absolute atomic E-state index is 0.213. The molecule has 0 bridgehead atoms. The Bertz CT molecular complexity index is 581. The standard InChI is InChI=1S/C15H17FN2O2/c1-20-15(19)14-6-5-13(18-14)10-17-8-7-11-3-2-4-12(16)9-11/h2-6,9,17-18H,7-8,10H2,1H3. The van der Waals surface area contributed by atoms with Crippen molar-refractivity contribution in [1.82, 2.24) is 10.3 Å². The van der Waals surface area contributed by atoms with Crippen LogP contribution in [0.3, 0.4) is 0 Å². The molecule has 0 atom stereocenters. The molecule has 20 heavy (non-hydrogen) atoms. The molecular formula is C15H17FN2O2. The molecule has 0 saturated heterocycles. The topological polar surface area (TPSA) is 54.1 Å². The van der Waals surface area contributed by atoms with Crippen molar-refractivity contribution in [2.24, 2.45) is 0 Å².